The molecule has 1 saturated heterocycles. The zero-order valence-corrected chi connectivity index (χ0v) is 16.0. The van der Waals surface area contributed by atoms with E-state index in [-0.39, 0.29) is 23.5 Å². The van der Waals surface area contributed by atoms with E-state index in [1.54, 1.807) is 25.2 Å². The summed E-state index contributed by atoms with van der Waals surface area (Å²) in [6.07, 6.45) is 2.69. The number of unbranched alkanes of at least 4 members (excludes halogenated alkanes) is 1. The standard InChI is InChI=1S/C18H27NO5S/c1-4-5-6-18(20)19(15-9-10-25(21,22)13-15)12-14-7-8-16(23-2)17(11-14)24-3/h7-8,11,15H,4-6,9-10,12-13H2,1-3H3. The Kier molecular flexibility index (Phi) is 6.70. The van der Waals surface area contributed by atoms with Crippen LogP contribution in [0.1, 0.15) is 38.2 Å². The third-order valence-corrected chi connectivity index (χ3v) is 6.26. The number of ether oxygens (including phenoxy) is 2. The van der Waals surface area contributed by atoms with Crippen LogP contribution in [0.5, 0.6) is 11.5 Å². The van der Waals surface area contributed by atoms with Crippen molar-refractivity contribution < 1.29 is 22.7 Å². The number of methoxy groups -OCH3 is 2. The Bertz CT molecular complexity index is 701. The highest BCUT2D eigenvalue weighted by Gasteiger charge is 2.34. The summed E-state index contributed by atoms with van der Waals surface area (Å²) in [7, 11) is 0.0869. The normalized spacial score (nSPS) is 18.8. The van der Waals surface area contributed by atoms with E-state index < -0.39 is 9.84 Å². The number of nitrogens with zero attached hydrogens (tertiary/aromatic N) is 1. The summed E-state index contributed by atoms with van der Waals surface area (Å²) in [6, 6.07) is 5.27. The number of carbonyl (C=O) groups is 1. The molecule has 1 atom stereocenters. The molecular weight excluding hydrogens is 342 g/mol. The third kappa shape index (κ3) is 5.11. The molecule has 0 aliphatic carbocycles. The lowest BCUT2D eigenvalue weighted by atomic mass is 10.1. The summed E-state index contributed by atoms with van der Waals surface area (Å²) < 4.78 is 34.2. The first-order chi connectivity index (χ1) is 11.9. The molecule has 1 aliphatic heterocycles. The SMILES string of the molecule is CCCCC(=O)N(Cc1ccc(OC)c(OC)c1)C1CCS(=O)(=O)C1. The van der Waals surface area contributed by atoms with Crippen molar-refractivity contribution in [2.75, 3.05) is 25.7 Å². The van der Waals surface area contributed by atoms with Crippen LogP contribution < -0.4 is 9.47 Å². The van der Waals surface area contributed by atoms with Gasteiger partial charge in [0.15, 0.2) is 21.3 Å². The molecule has 140 valence electrons. The van der Waals surface area contributed by atoms with E-state index in [0.29, 0.717) is 30.9 Å². The number of rotatable bonds is 8. The topological polar surface area (TPSA) is 72.9 Å². The van der Waals surface area contributed by atoms with Gasteiger partial charge in [-0.3, -0.25) is 4.79 Å². The van der Waals surface area contributed by atoms with Gasteiger partial charge in [0.25, 0.3) is 0 Å². The van der Waals surface area contributed by atoms with E-state index in [0.717, 1.165) is 18.4 Å². The Balaban J connectivity index is 2.22. The lowest BCUT2D eigenvalue weighted by Gasteiger charge is -2.29. The molecule has 1 fully saturated rings. The summed E-state index contributed by atoms with van der Waals surface area (Å²) in [5.41, 5.74) is 0.895. The molecule has 1 aromatic rings. The molecule has 7 heteroatoms. The maximum absolute atomic E-state index is 12.7. The van der Waals surface area contributed by atoms with E-state index in [1.807, 2.05) is 19.1 Å². The summed E-state index contributed by atoms with van der Waals surface area (Å²) in [4.78, 5) is 14.4. The van der Waals surface area contributed by atoms with Crippen LogP contribution in [0, 0.1) is 0 Å². The first-order valence-corrected chi connectivity index (χ1v) is 10.4. The van der Waals surface area contributed by atoms with Crippen LogP contribution in [0.4, 0.5) is 0 Å². The van der Waals surface area contributed by atoms with E-state index in [4.69, 9.17) is 9.47 Å². The molecule has 1 heterocycles. The maximum atomic E-state index is 12.7. The lowest BCUT2D eigenvalue weighted by molar-refractivity contribution is -0.133. The predicted octanol–water partition coefficient (Wildman–Crippen LogP) is 2.41. The largest absolute Gasteiger partial charge is 0.493 e. The van der Waals surface area contributed by atoms with Gasteiger partial charge in [-0.05, 0) is 30.5 Å². The second kappa shape index (κ2) is 8.56. The molecule has 1 amide bonds. The summed E-state index contributed by atoms with van der Waals surface area (Å²) in [5, 5.41) is 0. The van der Waals surface area contributed by atoms with Crippen molar-refractivity contribution >= 4 is 15.7 Å². The van der Waals surface area contributed by atoms with Gasteiger partial charge in [0.2, 0.25) is 5.91 Å². The lowest BCUT2D eigenvalue weighted by Crippen LogP contribution is -2.40. The second-order valence-corrected chi connectivity index (χ2v) is 8.60. The van der Waals surface area contributed by atoms with Crippen molar-refractivity contribution in [3.63, 3.8) is 0 Å². The van der Waals surface area contributed by atoms with E-state index in [1.165, 1.54) is 0 Å². The Hall–Kier alpha value is -1.76. The number of carbonyl (C=O) groups excluding carboxylic acids is 1. The molecule has 1 aromatic carbocycles. The Labute approximate surface area is 150 Å². The highest BCUT2D eigenvalue weighted by molar-refractivity contribution is 7.91. The van der Waals surface area contributed by atoms with E-state index in [9.17, 15) is 13.2 Å². The van der Waals surface area contributed by atoms with Crippen LogP contribution in [0.3, 0.4) is 0 Å². The summed E-state index contributed by atoms with van der Waals surface area (Å²) >= 11 is 0. The van der Waals surface area contributed by atoms with E-state index >= 15 is 0 Å². The van der Waals surface area contributed by atoms with Crippen LogP contribution in [0.2, 0.25) is 0 Å². The van der Waals surface area contributed by atoms with Crippen LogP contribution in [0.25, 0.3) is 0 Å². The minimum atomic E-state index is -3.05. The Morgan fingerprint density at radius 2 is 1.96 bits per heavy atom. The van der Waals surface area contributed by atoms with E-state index in [2.05, 4.69) is 0 Å². The summed E-state index contributed by atoms with van der Waals surface area (Å²) in [6.45, 7) is 2.41. The van der Waals surface area contributed by atoms with Gasteiger partial charge >= 0.3 is 0 Å². The zero-order valence-electron chi connectivity index (χ0n) is 15.2. The quantitative estimate of drug-likeness (QED) is 0.704. The molecule has 1 aliphatic rings. The van der Waals surface area contributed by atoms with Crippen molar-refractivity contribution in [3.8, 4) is 11.5 Å². The molecule has 0 bridgehead atoms. The van der Waals surface area contributed by atoms with Crippen molar-refractivity contribution in [2.24, 2.45) is 0 Å². The smallest absolute Gasteiger partial charge is 0.223 e. The van der Waals surface area contributed by atoms with Gasteiger partial charge in [0.1, 0.15) is 0 Å². The van der Waals surface area contributed by atoms with Gasteiger partial charge < -0.3 is 14.4 Å². The fourth-order valence-corrected chi connectivity index (χ4v) is 4.82. The van der Waals surface area contributed by atoms with Gasteiger partial charge in [-0.2, -0.15) is 0 Å². The zero-order chi connectivity index (χ0) is 18.4. The van der Waals surface area contributed by atoms with Gasteiger partial charge in [-0.15, -0.1) is 0 Å². The first-order valence-electron chi connectivity index (χ1n) is 8.61. The molecule has 6 nitrogen and oxygen atoms in total. The number of sulfone groups is 1. The van der Waals surface area contributed by atoms with Crippen LogP contribution >= 0.6 is 0 Å². The number of hydrogen-bond acceptors (Lipinski definition) is 5. The molecule has 0 saturated carbocycles. The van der Waals surface area contributed by atoms with Crippen LogP contribution in [-0.4, -0.2) is 51.0 Å². The Morgan fingerprint density at radius 1 is 1.24 bits per heavy atom. The number of amides is 1. The monoisotopic (exact) mass is 369 g/mol. The predicted molar refractivity (Wildman–Crippen MR) is 96.7 cm³/mol. The summed E-state index contributed by atoms with van der Waals surface area (Å²) in [5.74, 6) is 1.44. The van der Waals surface area contributed by atoms with Crippen molar-refractivity contribution in [1.82, 2.24) is 4.90 Å². The van der Waals surface area contributed by atoms with Gasteiger partial charge in [0.05, 0.1) is 25.7 Å². The molecule has 0 spiro atoms. The minimum Gasteiger partial charge on any atom is -0.493 e. The average molecular weight is 369 g/mol. The highest BCUT2D eigenvalue weighted by atomic mass is 32.2. The molecular formula is C18H27NO5S. The molecule has 0 N–H and O–H groups in total. The minimum absolute atomic E-state index is 0.0127. The third-order valence-electron chi connectivity index (χ3n) is 4.51. The highest BCUT2D eigenvalue weighted by Crippen LogP contribution is 2.29. The van der Waals surface area contributed by atoms with Crippen molar-refractivity contribution in [3.05, 3.63) is 23.8 Å². The fourth-order valence-electron chi connectivity index (χ4n) is 3.09. The van der Waals surface area contributed by atoms with Crippen LogP contribution in [-0.2, 0) is 21.2 Å². The van der Waals surface area contributed by atoms with Crippen molar-refractivity contribution in [1.29, 1.82) is 0 Å². The molecule has 1 unspecified atom stereocenters. The molecule has 0 radical (unpaired) electrons. The maximum Gasteiger partial charge on any atom is 0.223 e. The van der Waals surface area contributed by atoms with Gasteiger partial charge in [-0.25, -0.2) is 8.42 Å². The molecule has 2 rings (SSSR count). The Morgan fingerprint density at radius 3 is 2.52 bits per heavy atom. The molecule has 25 heavy (non-hydrogen) atoms. The van der Waals surface area contributed by atoms with Gasteiger partial charge in [-0.1, -0.05) is 19.4 Å². The number of hydrogen-bond donors (Lipinski definition) is 0. The first kappa shape index (κ1) is 19.6. The second-order valence-electron chi connectivity index (χ2n) is 6.37. The van der Waals surface area contributed by atoms with Crippen LogP contribution in [0.15, 0.2) is 18.2 Å². The van der Waals surface area contributed by atoms with Crippen molar-refractivity contribution in [2.45, 2.75) is 45.2 Å². The fraction of sp³-hybridized carbons (Fsp3) is 0.611. The number of benzene rings is 1. The molecule has 0 aromatic heterocycles. The van der Waals surface area contributed by atoms with Gasteiger partial charge in [0, 0.05) is 19.0 Å². The average Bonchev–Trinajstić information content (AvgIpc) is 2.96.